The van der Waals surface area contributed by atoms with E-state index in [1.807, 2.05) is 13.8 Å². The third-order valence-corrected chi connectivity index (χ3v) is 5.67. The van der Waals surface area contributed by atoms with Crippen LogP contribution in [0.3, 0.4) is 0 Å². The van der Waals surface area contributed by atoms with E-state index in [2.05, 4.69) is 37.5 Å². The molecule has 2 N–H and O–H groups in total. The Labute approximate surface area is 151 Å². The van der Waals surface area contributed by atoms with Crippen molar-refractivity contribution in [3.63, 3.8) is 0 Å². The molecule has 0 spiro atoms. The molecule has 0 unspecified atom stereocenters. The fraction of sp³-hybridized carbons (Fsp3) is 0.389. The summed E-state index contributed by atoms with van der Waals surface area (Å²) < 4.78 is 13.5. The highest BCUT2D eigenvalue weighted by Gasteiger charge is 2.19. The molecule has 2 aromatic rings. The number of anilines is 2. The highest BCUT2D eigenvalue weighted by molar-refractivity contribution is 7.16. The maximum Gasteiger partial charge on any atom is 0.324 e. The lowest BCUT2D eigenvalue weighted by atomic mass is 9.94. The molecule has 0 saturated heterocycles. The number of hydrogen-bond acceptors (Lipinski definition) is 2. The third kappa shape index (κ3) is 4.08. The van der Waals surface area contributed by atoms with Crippen molar-refractivity contribution in [2.24, 2.45) is 0 Å². The van der Waals surface area contributed by atoms with Crippen molar-refractivity contribution in [3.8, 4) is 0 Å². The summed E-state index contributed by atoms with van der Waals surface area (Å²) in [6.45, 7) is 10.2. The first-order valence-corrected chi connectivity index (χ1v) is 8.98. The number of nitrogens with one attached hydrogen (secondary N) is 2. The fourth-order valence-corrected chi connectivity index (χ4v) is 3.71. The molecule has 2 amide bonds. The van der Waals surface area contributed by atoms with Gasteiger partial charge in [0.15, 0.2) is 0 Å². The Morgan fingerprint density at radius 2 is 1.96 bits per heavy atom. The first-order valence-electron chi connectivity index (χ1n) is 7.79. The minimum Gasteiger partial charge on any atom is -0.307 e. The van der Waals surface area contributed by atoms with E-state index in [0.717, 1.165) is 10.6 Å². The molecule has 6 heteroatoms. The van der Waals surface area contributed by atoms with Gasteiger partial charge in [0.25, 0.3) is 0 Å². The van der Waals surface area contributed by atoms with Crippen LogP contribution in [0.5, 0.6) is 0 Å². The molecule has 130 valence electrons. The van der Waals surface area contributed by atoms with Crippen molar-refractivity contribution < 1.29 is 9.18 Å². The van der Waals surface area contributed by atoms with Crippen molar-refractivity contribution in [1.29, 1.82) is 0 Å². The molecule has 1 aromatic carbocycles. The summed E-state index contributed by atoms with van der Waals surface area (Å²) in [7, 11) is 0. The molecule has 3 nitrogen and oxygen atoms in total. The number of benzene rings is 1. The van der Waals surface area contributed by atoms with Crippen LogP contribution in [0.15, 0.2) is 18.2 Å². The van der Waals surface area contributed by atoms with Crippen LogP contribution in [-0.4, -0.2) is 6.03 Å². The number of aryl methyl sites for hydroxylation is 1. The molecule has 0 aliphatic heterocycles. The Bertz CT molecular complexity index is 765. The summed E-state index contributed by atoms with van der Waals surface area (Å²) in [5.41, 5.74) is 2.16. The van der Waals surface area contributed by atoms with Gasteiger partial charge in [-0.15, -0.1) is 11.3 Å². The summed E-state index contributed by atoms with van der Waals surface area (Å²) in [5, 5.41) is 6.49. The molecular weight excluding hydrogens is 347 g/mol. The molecule has 0 aliphatic carbocycles. The van der Waals surface area contributed by atoms with E-state index in [1.54, 1.807) is 11.3 Å². The average Bonchev–Trinajstić information content (AvgIpc) is 2.84. The Morgan fingerprint density at radius 1 is 1.29 bits per heavy atom. The number of carbonyl (C=O) groups is 1. The van der Waals surface area contributed by atoms with E-state index >= 15 is 0 Å². The van der Waals surface area contributed by atoms with Gasteiger partial charge >= 0.3 is 6.03 Å². The van der Waals surface area contributed by atoms with Crippen LogP contribution in [0.25, 0.3) is 0 Å². The van der Waals surface area contributed by atoms with Crippen LogP contribution in [0, 0.1) is 12.7 Å². The number of urea groups is 1. The lowest BCUT2D eigenvalue weighted by molar-refractivity contribution is 0.262. The van der Waals surface area contributed by atoms with Crippen molar-refractivity contribution >= 4 is 39.7 Å². The molecule has 0 atom stereocenters. The van der Waals surface area contributed by atoms with E-state index in [0.29, 0.717) is 17.7 Å². The molecule has 0 aliphatic rings. The Kier molecular flexibility index (Phi) is 5.56. The van der Waals surface area contributed by atoms with Crippen molar-refractivity contribution in [3.05, 3.63) is 45.0 Å². The van der Waals surface area contributed by atoms with Crippen LogP contribution in [0.4, 0.5) is 19.9 Å². The monoisotopic (exact) mass is 368 g/mol. The number of amides is 2. The SMILES string of the molecule is CCc1c(NC(=O)Nc2sc(C(C)(C)C)cc2C)ccc(F)c1Cl. The number of carbonyl (C=O) groups excluding carboxylic acids is 1. The maximum atomic E-state index is 13.5. The first-order chi connectivity index (χ1) is 11.1. The van der Waals surface area contributed by atoms with Gasteiger partial charge in [0, 0.05) is 10.6 Å². The van der Waals surface area contributed by atoms with Crippen molar-refractivity contribution in [2.75, 3.05) is 10.6 Å². The summed E-state index contributed by atoms with van der Waals surface area (Å²) in [4.78, 5) is 13.5. The predicted octanol–water partition coefficient (Wildman–Crippen LogP) is 6.35. The van der Waals surface area contributed by atoms with E-state index in [9.17, 15) is 9.18 Å². The number of thiophene rings is 1. The third-order valence-electron chi connectivity index (χ3n) is 3.68. The zero-order valence-corrected chi connectivity index (χ0v) is 16.1. The van der Waals surface area contributed by atoms with Crippen LogP contribution < -0.4 is 10.6 Å². The van der Waals surface area contributed by atoms with Gasteiger partial charge in [0.1, 0.15) is 5.82 Å². The molecule has 0 saturated carbocycles. The average molecular weight is 369 g/mol. The summed E-state index contributed by atoms with van der Waals surface area (Å²) in [6, 6.07) is 4.51. The number of rotatable bonds is 3. The number of halogens is 2. The molecule has 0 bridgehead atoms. The highest BCUT2D eigenvalue weighted by Crippen LogP contribution is 2.35. The van der Waals surface area contributed by atoms with E-state index < -0.39 is 5.82 Å². The van der Waals surface area contributed by atoms with Crippen LogP contribution in [0.2, 0.25) is 5.02 Å². The molecule has 0 fully saturated rings. The zero-order valence-electron chi connectivity index (χ0n) is 14.5. The molecule has 1 heterocycles. The van der Waals surface area contributed by atoms with Gasteiger partial charge < -0.3 is 5.32 Å². The van der Waals surface area contributed by atoms with Gasteiger partial charge in [-0.3, -0.25) is 5.32 Å². The summed E-state index contributed by atoms with van der Waals surface area (Å²) >= 11 is 7.54. The summed E-state index contributed by atoms with van der Waals surface area (Å²) in [5.74, 6) is -0.483. The molecular formula is C18H22ClFN2OS. The minimum absolute atomic E-state index is 0.0334. The van der Waals surface area contributed by atoms with Gasteiger partial charge in [-0.05, 0) is 48.1 Å². The van der Waals surface area contributed by atoms with Crippen LogP contribution >= 0.6 is 22.9 Å². The van der Waals surface area contributed by atoms with Gasteiger partial charge in [-0.25, -0.2) is 9.18 Å². The van der Waals surface area contributed by atoms with Crippen molar-refractivity contribution in [1.82, 2.24) is 0 Å². The standard InChI is InChI=1S/C18H22ClFN2OS/c1-6-11-13(8-7-12(20)15(11)19)21-17(23)22-16-10(2)9-14(24-16)18(3,4)5/h7-9H,6H2,1-5H3,(H2,21,22,23). The van der Waals surface area contributed by atoms with E-state index in [4.69, 9.17) is 11.6 Å². The Morgan fingerprint density at radius 3 is 2.50 bits per heavy atom. The fourth-order valence-electron chi connectivity index (χ4n) is 2.29. The highest BCUT2D eigenvalue weighted by atomic mass is 35.5. The largest absolute Gasteiger partial charge is 0.324 e. The van der Waals surface area contributed by atoms with Gasteiger partial charge in [-0.1, -0.05) is 39.3 Å². The Hall–Kier alpha value is -1.59. The quantitative estimate of drug-likeness (QED) is 0.650. The normalized spacial score (nSPS) is 11.5. The first kappa shape index (κ1) is 18.7. The van der Waals surface area contributed by atoms with Gasteiger partial charge in [0.05, 0.1) is 10.0 Å². The van der Waals surface area contributed by atoms with E-state index in [-0.39, 0.29) is 16.5 Å². The van der Waals surface area contributed by atoms with Gasteiger partial charge in [-0.2, -0.15) is 0 Å². The second kappa shape index (κ2) is 7.11. The molecule has 2 rings (SSSR count). The minimum atomic E-state index is -0.483. The predicted molar refractivity (Wildman–Crippen MR) is 101 cm³/mol. The van der Waals surface area contributed by atoms with E-state index in [1.165, 1.54) is 17.0 Å². The van der Waals surface area contributed by atoms with Crippen LogP contribution in [0.1, 0.15) is 43.7 Å². The second-order valence-corrected chi connectivity index (χ2v) is 8.12. The second-order valence-electron chi connectivity index (χ2n) is 6.69. The summed E-state index contributed by atoms with van der Waals surface area (Å²) in [6.07, 6.45) is 0.526. The maximum absolute atomic E-state index is 13.5. The smallest absolute Gasteiger partial charge is 0.307 e. The molecule has 24 heavy (non-hydrogen) atoms. The lowest BCUT2D eigenvalue weighted by Gasteiger charge is -2.15. The topological polar surface area (TPSA) is 41.1 Å². The molecule has 0 radical (unpaired) electrons. The van der Waals surface area contributed by atoms with Gasteiger partial charge in [0.2, 0.25) is 0 Å². The molecule has 1 aromatic heterocycles. The lowest BCUT2D eigenvalue weighted by Crippen LogP contribution is -2.20. The number of hydrogen-bond donors (Lipinski definition) is 2. The van der Waals surface area contributed by atoms with Crippen LogP contribution in [-0.2, 0) is 11.8 Å². The Balaban J connectivity index is 2.18. The zero-order chi connectivity index (χ0) is 18.1. The van der Waals surface area contributed by atoms with Crippen molar-refractivity contribution in [2.45, 2.75) is 46.5 Å².